The van der Waals surface area contributed by atoms with Gasteiger partial charge in [0.1, 0.15) is 5.52 Å². The highest BCUT2D eigenvalue weighted by molar-refractivity contribution is 5.68. The third-order valence-electron chi connectivity index (χ3n) is 3.54. The van der Waals surface area contributed by atoms with E-state index in [2.05, 4.69) is 66.5 Å². The van der Waals surface area contributed by atoms with Crippen LogP contribution >= 0.6 is 0 Å². The highest BCUT2D eigenvalue weighted by Crippen LogP contribution is 2.20. The first-order valence-electron chi connectivity index (χ1n) is 7.27. The molecule has 0 aliphatic rings. The normalized spacial score (nSPS) is 11.2. The van der Waals surface area contributed by atoms with Gasteiger partial charge in [-0.2, -0.15) is 5.10 Å². The van der Waals surface area contributed by atoms with Crippen LogP contribution in [0.4, 0.5) is 5.82 Å². The SMILES string of the molecule is Cc1cccc(CNc2nccn3nc(C(C)C)cc23)c1. The van der Waals surface area contributed by atoms with Gasteiger partial charge < -0.3 is 5.32 Å². The van der Waals surface area contributed by atoms with E-state index in [0.29, 0.717) is 5.92 Å². The molecule has 0 aliphatic carbocycles. The van der Waals surface area contributed by atoms with Crippen molar-refractivity contribution >= 4 is 11.3 Å². The fourth-order valence-corrected chi connectivity index (χ4v) is 2.37. The van der Waals surface area contributed by atoms with Gasteiger partial charge in [0.2, 0.25) is 0 Å². The molecule has 0 radical (unpaired) electrons. The average molecular weight is 280 g/mol. The fraction of sp³-hybridized carbons (Fsp3) is 0.294. The summed E-state index contributed by atoms with van der Waals surface area (Å²) >= 11 is 0. The Bertz CT molecular complexity index is 758. The molecule has 21 heavy (non-hydrogen) atoms. The minimum Gasteiger partial charge on any atom is -0.364 e. The van der Waals surface area contributed by atoms with E-state index in [1.165, 1.54) is 11.1 Å². The summed E-state index contributed by atoms with van der Waals surface area (Å²) in [5.74, 6) is 1.29. The summed E-state index contributed by atoms with van der Waals surface area (Å²) in [6, 6.07) is 10.6. The third kappa shape index (κ3) is 2.89. The molecule has 1 N–H and O–H groups in total. The van der Waals surface area contributed by atoms with E-state index in [1.807, 2.05) is 10.7 Å². The van der Waals surface area contributed by atoms with Gasteiger partial charge in [0, 0.05) is 18.9 Å². The fourth-order valence-electron chi connectivity index (χ4n) is 2.37. The van der Waals surface area contributed by atoms with E-state index >= 15 is 0 Å². The predicted molar refractivity (Wildman–Crippen MR) is 85.6 cm³/mol. The number of benzene rings is 1. The zero-order valence-corrected chi connectivity index (χ0v) is 12.7. The molecule has 0 saturated carbocycles. The van der Waals surface area contributed by atoms with Crippen LogP contribution in [-0.2, 0) is 6.54 Å². The molecule has 4 nitrogen and oxygen atoms in total. The van der Waals surface area contributed by atoms with Crippen molar-refractivity contribution in [2.24, 2.45) is 0 Å². The monoisotopic (exact) mass is 280 g/mol. The Morgan fingerprint density at radius 1 is 1.24 bits per heavy atom. The topological polar surface area (TPSA) is 42.2 Å². The molecule has 0 amide bonds. The van der Waals surface area contributed by atoms with E-state index < -0.39 is 0 Å². The van der Waals surface area contributed by atoms with Crippen LogP contribution < -0.4 is 5.32 Å². The van der Waals surface area contributed by atoms with Crippen LogP contribution in [-0.4, -0.2) is 14.6 Å². The Kier molecular flexibility index (Phi) is 3.60. The highest BCUT2D eigenvalue weighted by atomic mass is 15.2. The van der Waals surface area contributed by atoms with Crippen molar-refractivity contribution < 1.29 is 0 Å². The van der Waals surface area contributed by atoms with Gasteiger partial charge in [-0.1, -0.05) is 43.7 Å². The van der Waals surface area contributed by atoms with Crippen molar-refractivity contribution in [3.05, 3.63) is 59.5 Å². The van der Waals surface area contributed by atoms with Crippen molar-refractivity contribution in [1.29, 1.82) is 0 Å². The summed E-state index contributed by atoms with van der Waals surface area (Å²) < 4.78 is 1.89. The van der Waals surface area contributed by atoms with Crippen molar-refractivity contribution in [2.75, 3.05) is 5.32 Å². The summed E-state index contributed by atoms with van der Waals surface area (Å²) in [6.45, 7) is 7.16. The number of fused-ring (bicyclic) bond motifs is 1. The van der Waals surface area contributed by atoms with Crippen LogP contribution in [0.2, 0.25) is 0 Å². The number of nitrogens with one attached hydrogen (secondary N) is 1. The van der Waals surface area contributed by atoms with E-state index in [0.717, 1.165) is 23.6 Å². The summed E-state index contributed by atoms with van der Waals surface area (Å²) in [6.07, 6.45) is 3.67. The van der Waals surface area contributed by atoms with Crippen molar-refractivity contribution in [1.82, 2.24) is 14.6 Å². The second-order valence-corrected chi connectivity index (χ2v) is 5.67. The number of aryl methyl sites for hydroxylation is 1. The minimum atomic E-state index is 0.412. The van der Waals surface area contributed by atoms with Gasteiger partial charge in [-0.15, -0.1) is 0 Å². The summed E-state index contributed by atoms with van der Waals surface area (Å²) in [5.41, 5.74) is 4.63. The van der Waals surface area contributed by atoms with Crippen LogP contribution in [0.5, 0.6) is 0 Å². The maximum atomic E-state index is 4.58. The van der Waals surface area contributed by atoms with Gasteiger partial charge >= 0.3 is 0 Å². The molecular weight excluding hydrogens is 260 g/mol. The highest BCUT2D eigenvalue weighted by Gasteiger charge is 2.09. The molecule has 3 aromatic rings. The van der Waals surface area contributed by atoms with E-state index in [4.69, 9.17) is 0 Å². The summed E-state index contributed by atoms with van der Waals surface area (Å²) in [7, 11) is 0. The third-order valence-corrected chi connectivity index (χ3v) is 3.54. The molecule has 2 aromatic heterocycles. The first-order valence-corrected chi connectivity index (χ1v) is 7.27. The first-order chi connectivity index (χ1) is 10.1. The van der Waals surface area contributed by atoms with E-state index in [1.54, 1.807) is 6.20 Å². The Morgan fingerprint density at radius 2 is 2.10 bits per heavy atom. The van der Waals surface area contributed by atoms with Gasteiger partial charge in [-0.05, 0) is 24.5 Å². The molecule has 3 rings (SSSR count). The molecule has 0 unspecified atom stereocenters. The molecule has 108 valence electrons. The summed E-state index contributed by atoms with van der Waals surface area (Å²) in [4.78, 5) is 4.45. The van der Waals surface area contributed by atoms with Crippen LogP contribution in [0.1, 0.15) is 36.6 Å². The maximum Gasteiger partial charge on any atom is 0.152 e. The number of hydrogen-bond acceptors (Lipinski definition) is 3. The Balaban J connectivity index is 1.86. The van der Waals surface area contributed by atoms with Crippen LogP contribution in [0.25, 0.3) is 5.52 Å². The molecule has 0 spiro atoms. The lowest BCUT2D eigenvalue weighted by Gasteiger charge is -2.07. The molecule has 0 atom stereocenters. The number of anilines is 1. The van der Waals surface area contributed by atoms with Crippen LogP contribution in [0.15, 0.2) is 42.7 Å². The standard InChI is InChI=1S/C17H20N4/c1-12(2)15-10-16-17(18-7-8-21(16)20-15)19-11-14-6-4-5-13(3)9-14/h4-10,12H,11H2,1-3H3,(H,18,19). The van der Waals surface area contributed by atoms with Crippen molar-refractivity contribution in [2.45, 2.75) is 33.2 Å². The van der Waals surface area contributed by atoms with Gasteiger partial charge in [-0.25, -0.2) is 9.50 Å². The lowest BCUT2D eigenvalue weighted by atomic mass is 10.1. The molecule has 4 heteroatoms. The van der Waals surface area contributed by atoms with Crippen molar-refractivity contribution in [3.8, 4) is 0 Å². The summed E-state index contributed by atoms with van der Waals surface area (Å²) in [5, 5.41) is 7.99. The molecule has 0 saturated heterocycles. The van der Waals surface area contributed by atoms with Gasteiger partial charge in [-0.3, -0.25) is 0 Å². The Labute approximate surface area is 124 Å². The number of rotatable bonds is 4. The minimum absolute atomic E-state index is 0.412. The number of nitrogens with zero attached hydrogens (tertiary/aromatic N) is 3. The first kappa shape index (κ1) is 13.6. The predicted octanol–water partition coefficient (Wildman–Crippen LogP) is 3.77. The quantitative estimate of drug-likeness (QED) is 0.791. The second-order valence-electron chi connectivity index (χ2n) is 5.67. The van der Waals surface area contributed by atoms with Crippen LogP contribution in [0, 0.1) is 6.92 Å². The zero-order chi connectivity index (χ0) is 14.8. The van der Waals surface area contributed by atoms with Crippen molar-refractivity contribution in [3.63, 3.8) is 0 Å². The smallest absolute Gasteiger partial charge is 0.152 e. The van der Waals surface area contributed by atoms with Gasteiger partial charge in [0.05, 0.1) is 5.69 Å². The Morgan fingerprint density at radius 3 is 2.86 bits per heavy atom. The van der Waals surface area contributed by atoms with Gasteiger partial charge in [0.25, 0.3) is 0 Å². The molecular formula is C17H20N4. The largest absolute Gasteiger partial charge is 0.364 e. The maximum absolute atomic E-state index is 4.58. The zero-order valence-electron chi connectivity index (χ0n) is 12.7. The molecule has 1 aromatic carbocycles. The molecule has 0 bridgehead atoms. The molecule has 0 aliphatic heterocycles. The van der Waals surface area contributed by atoms with Crippen LogP contribution in [0.3, 0.4) is 0 Å². The number of hydrogen-bond donors (Lipinski definition) is 1. The van der Waals surface area contributed by atoms with Gasteiger partial charge in [0.15, 0.2) is 5.82 Å². The van der Waals surface area contributed by atoms with E-state index in [9.17, 15) is 0 Å². The lowest BCUT2D eigenvalue weighted by Crippen LogP contribution is -2.03. The lowest BCUT2D eigenvalue weighted by molar-refractivity contribution is 0.787. The number of aromatic nitrogens is 3. The average Bonchev–Trinajstić information content (AvgIpc) is 2.90. The Hall–Kier alpha value is -2.36. The second kappa shape index (κ2) is 5.56. The molecule has 0 fully saturated rings. The molecule has 2 heterocycles. The van der Waals surface area contributed by atoms with E-state index in [-0.39, 0.29) is 0 Å².